The minimum Gasteiger partial charge on any atom is -0.481 e. The molecule has 0 fully saturated rings. The van der Waals surface area contributed by atoms with E-state index in [1.807, 2.05) is 24.3 Å². The summed E-state index contributed by atoms with van der Waals surface area (Å²) in [7, 11) is 0. The second-order valence-electron chi connectivity index (χ2n) is 10.8. The molecule has 0 saturated carbocycles. The first kappa shape index (κ1) is 25.8. The largest absolute Gasteiger partial charge is 0.481 e. The molecule has 1 unspecified atom stereocenters. The van der Waals surface area contributed by atoms with Crippen LogP contribution >= 0.6 is 0 Å². The zero-order valence-corrected chi connectivity index (χ0v) is 23.2. The minimum atomic E-state index is -0.775. The molecule has 1 atom stereocenters. The smallest absolute Gasteiger partial charge is 0.303 e. The molecule has 8 nitrogen and oxygen atoms in total. The molecule has 0 aliphatic carbocycles. The number of ether oxygens (including phenoxy) is 1. The van der Waals surface area contributed by atoms with Crippen molar-refractivity contribution in [3.63, 3.8) is 0 Å². The lowest BCUT2D eigenvalue weighted by atomic mass is 10.0. The number of anilines is 2. The van der Waals surface area contributed by atoms with E-state index in [0.717, 1.165) is 74.5 Å². The SMILES string of the molecule is CCCCN(CCCC(=O)O)c1ccc2c(c1)oc1c3c(c4[nH]c5ccccc5c4c12)NC(c1ccc(C#N)cc1)O3. The molecule has 7 rings (SSSR count). The molecule has 0 radical (unpaired) electrons. The van der Waals surface area contributed by atoms with Crippen molar-refractivity contribution in [2.75, 3.05) is 23.3 Å². The number of H-pyrrole nitrogens is 1. The van der Waals surface area contributed by atoms with Gasteiger partial charge in [0.25, 0.3) is 0 Å². The number of furan rings is 1. The van der Waals surface area contributed by atoms with Gasteiger partial charge in [-0.1, -0.05) is 43.7 Å². The van der Waals surface area contributed by atoms with Crippen molar-refractivity contribution in [1.29, 1.82) is 5.26 Å². The van der Waals surface area contributed by atoms with E-state index in [2.05, 4.69) is 58.5 Å². The van der Waals surface area contributed by atoms with Crippen molar-refractivity contribution in [3.8, 4) is 11.8 Å². The van der Waals surface area contributed by atoms with Crippen molar-refractivity contribution in [2.45, 2.75) is 38.8 Å². The molecular weight excluding hydrogens is 528 g/mol. The van der Waals surface area contributed by atoms with Crippen molar-refractivity contribution >= 4 is 61.1 Å². The number of nitriles is 1. The zero-order valence-electron chi connectivity index (χ0n) is 23.2. The van der Waals surface area contributed by atoms with Crippen molar-refractivity contribution in [1.82, 2.24) is 4.98 Å². The molecule has 0 saturated heterocycles. The molecule has 0 amide bonds. The van der Waals surface area contributed by atoms with Gasteiger partial charge in [-0.15, -0.1) is 0 Å². The lowest BCUT2D eigenvalue weighted by Crippen LogP contribution is -2.26. The van der Waals surface area contributed by atoms with Gasteiger partial charge >= 0.3 is 5.97 Å². The number of nitrogens with zero attached hydrogens (tertiary/aromatic N) is 2. The number of hydrogen-bond donors (Lipinski definition) is 3. The van der Waals surface area contributed by atoms with E-state index in [1.54, 1.807) is 12.1 Å². The van der Waals surface area contributed by atoms with Crippen LogP contribution in [0.1, 0.15) is 50.0 Å². The van der Waals surface area contributed by atoms with Crippen LogP contribution in [0.3, 0.4) is 0 Å². The molecule has 8 heteroatoms. The van der Waals surface area contributed by atoms with Crippen LogP contribution in [-0.2, 0) is 4.79 Å². The van der Waals surface area contributed by atoms with Gasteiger partial charge in [-0.2, -0.15) is 5.26 Å². The third-order valence-corrected chi connectivity index (χ3v) is 8.13. The fourth-order valence-electron chi connectivity index (χ4n) is 6.06. The first-order chi connectivity index (χ1) is 20.6. The maximum Gasteiger partial charge on any atom is 0.303 e. The van der Waals surface area contributed by atoms with Gasteiger partial charge < -0.3 is 29.5 Å². The number of carboxylic acids is 1. The van der Waals surface area contributed by atoms with Crippen LogP contribution < -0.4 is 15.0 Å². The first-order valence-electron chi connectivity index (χ1n) is 14.4. The van der Waals surface area contributed by atoms with E-state index >= 15 is 0 Å². The molecule has 1 aliphatic heterocycles. The molecule has 2 aromatic heterocycles. The van der Waals surface area contributed by atoms with E-state index in [9.17, 15) is 10.1 Å². The van der Waals surface area contributed by atoms with Gasteiger partial charge in [-0.25, -0.2) is 0 Å². The Bertz CT molecular complexity index is 2020. The topological polar surface area (TPSA) is 115 Å². The highest BCUT2D eigenvalue weighted by atomic mass is 16.5. The van der Waals surface area contributed by atoms with Crippen LogP contribution in [0.2, 0.25) is 0 Å². The Balaban J connectivity index is 1.39. The summed E-state index contributed by atoms with van der Waals surface area (Å²) in [6.07, 6.45) is 2.36. The van der Waals surface area contributed by atoms with Crippen LogP contribution in [-0.4, -0.2) is 29.1 Å². The summed E-state index contributed by atoms with van der Waals surface area (Å²) in [6.45, 7) is 3.67. The molecule has 6 aromatic rings. The standard InChI is InChI=1S/C34H30N4O4/c1-2-3-16-38(17-6-9-27(39)40)22-14-15-24-26(18-22)41-32-29(24)28-23-7-4-5-8-25(23)36-30(28)31-33(32)42-34(37-31)21-12-10-20(19-35)11-13-21/h4-5,7-8,10-15,18,34,36-37H,2-3,6,9,16-17H2,1H3,(H,39,40). The average molecular weight is 559 g/mol. The third kappa shape index (κ3) is 4.25. The molecule has 210 valence electrons. The molecule has 0 spiro atoms. The van der Waals surface area contributed by atoms with Gasteiger partial charge in [0.15, 0.2) is 17.6 Å². The van der Waals surface area contributed by atoms with E-state index in [0.29, 0.717) is 29.9 Å². The van der Waals surface area contributed by atoms with Crippen molar-refractivity contribution in [3.05, 3.63) is 77.9 Å². The maximum atomic E-state index is 11.2. The van der Waals surface area contributed by atoms with Gasteiger partial charge in [-0.3, -0.25) is 4.79 Å². The fourth-order valence-corrected chi connectivity index (χ4v) is 6.06. The van der Waals surface area contributed by atoms with Gasteiger partial charge in [0.1, 0.15) is 11.3 Å². The monoisotopic (exact) mass is 558 g/mol. The van der Waals surface area contributed by atoms with E-state index in [-0.39, 0.29) is 6.42 Å². The summed E-state index contributed by atoms with van der Waals surface area (Å²) in [4.78, 5) is 17.0. The Kier molecular flexibility index (Phi) is 6.35. The summed E-state index contributed by atoms with van der Waals surface area (Å²) in [5.41, 5.74) is 6.80. The summed E-state index contributed by atoms with van der Waals surface area (Å²) < 4.78 is 13.2. The number of benzene rings is 4. The quantitative estimate of drug-likeness (QED) is 0.164. The Morgan fingerprint density at radius 1 is 1.02 bits per heavy atom. The number of aromatic nitrogens is 1. The molecule has 1 aliphatic rings. The summed E-state index contributed by atoms with van der Waals surface area (Å²) in [6, 6.07) is 24.1. The second kappa shape index (κ2) is 10.3. The fraction of sp³-hybridized carbons (Fsp3) is 0.235. The van der Waals surface area contributed by atoms with E-state index in [1.165, 1.54) is 0 Å². The maximum absolute atomic E-state index is 11.2. The number of rotatable bonds is 9. The number of unbranched alkanes of at least 4 members (excludes halogenated alkanes) is 1. The normalized spacial score (nSPS) is 14.2. The van der Waals surface area contributed by atoms with Gasteiger partial charge in [-0.05, 0) is 43.2 Å². The van der Waals surface area contributed by atoms with Crippen LogP contribution in [0, 0.1) is 11.3 Å². The molecule has 0 bridgehead atoms. The number of fused-ring (bicyclic) bond motifs is 10. The second-order valence-corrected chi connectivity index (χ2v) is 10.8. The van der Waals surface area contributed by atoms with E-state index in [4.69, 9.17) is 14.3 Å². The summed E-state index contributed by atoms with van der Waals surface area (Å²) in [5.74, 6) is -0.122. The van der Waals surface area contributed by atoms with Crippen molar-refractivity contribution < 1.29 is 19.1 Å². The number of aromatic amines is 1. The zero-order chi connectivity index (χ0) is 28.8. The highest BCUT2D eigenvalue weighted by Crippen LogP contribution is 2.52. The lowest BCUT2D eigenvalue weighted by Gasteiger charge is -2.24. The predicted octanol–water partition coefficient (Wildman–Crippen LogP) is 8.07. The van der Waals surface area contributed by atoms with Gasteiger partial charge in [0, 0.05) is 63.9 Å². The predicted molar refractivity (Wildman–Crippen MR) is 165 cm³/mol. The number of nitrogens with one attached hydrogen (secondary N) is 2. The highest BCUT2D eigenvalue weighted by Gasteiger charge is 2.32. The highest BCUT2D eigenvalue weighted by molar-refractivity contribution is 6.31. The third-order valence-electron chi connectivity index (χ3n) is 8.13. The summed E-state index contributed by atoms with van der Waals surface area (Å²) in [5, 5.41) is 26.1. The Morgan fingerprint density at radius 2 is 1.83 bits per heavy atom. The number of aliphatic carboxylic acids is 1. The summed E-state index contributed by atoms with van der Waals surface area (Å²) >= 11 is 0. The van der Waals surface area contributed by atoms with Crippen LogP contribution in [0.5, 0.6) is 5.75 Å². The Morgan fingerprint density at radius 3 is 2.62 bits per heavy atom. The van der Waals surface area contributed by atoms with Gasteiger partial charge in [0.2, 0.25) is 0 Å². The van der Waals surface area contributed by atoms with Gasteiger partial charge in [0.05, 0.1) is 17.1 Å². The number of para-hydroxylation sites is 1. The number of carbonyl (C=O) groups is 1. The molecular formula is C34H30N4O4. The Hall–Kier alpha value is -5.16. The first-order valence-corrected chi connectivity index (χ1v) is 14.4. The number of hydrogen-bond acceptors (Lipinski definition) is 6. The molecule has 3 N–H and O–H groups in total. The minimum absolute atomic E-state index is 0.144. The van der Waals surface area contributed by atoms with Crippen molar-refractivity contribution in [2.24, 2.45) is 0 Å². The molecule has 4 aromatic carbocycles. The number of carboxylic acid groups (broad SMARTS) is 1. The average Bonchev–Trinajstić information content (AvgIpc) is 3.71. The molecule has 42 heavy (non-hydrogen) atoms. The lowest BCUT2D eigenvalue weighted by molar-refractivity contribution is -0.137. The Labute approximate surface area is 242 Å². The van der Waals surface area contributed by atoms with Crippen LogP contribution in [0.25, 0.3) is 43.7 Å². The van der Waals surface area contributed by atoms with Crippen LogP contribution in [0.4, 0.5) is 11.4 Å². The van der Waals surface area contributed by atoms with E-state index < -0.39 is 12.2 Å². The molecule has 3 heterocycles. The van der Waals surface area contributed by atoms with Crippen LogP contribution in [0.15, 0.2) is 71.1 Å².